The maximum Gasteiger partial charge on any atom is 0.317 e. The Balaban J connectivity index is 1.07. The molecule has 0 unspecified atom stereocenters. The number of alkyl halides is 2. The number of allylic oxidation sites excluding steroid dienone is 1. The van der Waals surface area contributed by atoms with E-state index in [0.717, 1.165) is 74.9 Å². The lowest BCUT2D eigenvalue weighted by Crippen LogP contribution is -2.42. The van der Waals surface area contributed by atoms with Crippen LogP contribution in [0.4, 0.5) is 30.8 Å². The van der Waals surface area contributed by atoms with E-state index in [9.17, 15) is 18.4 Å². The number of benzene rings is 2. The molecule has 0 aliphatic carbocycles. The number of carbonyl (C=O) groups excluding carboxylic acids is 2. The van der Waals surface area contributed by atoms with Crippen LogP contribution in [0.5, 0.6) is 0 Å². The summed E-state index contributed by atoms with van der Waals surface area (Å²) in [6.45, 7) is 4.97. The SMILES string of the molecule is CN=C/C(=C\N)c1cc2c(cc1C(F)F)N(c1nn(C3CCN(C(=O)CCC4CCN(c5ccccc5)CC4)CC3)c3c1CN(C(=O)NC)CC3)CCC2. The smallest absolute Gasteiger partial charge is 0.317 e. The van der Waals surface area contributed by atoms with Crippen LogP contribution in [0, 0.1) is 5.92 Å². The van der Waals surface area contributed by atoms with Crippen LogP contribution in [0.1, 0.15) is 85.4 Å². The number of aliphatic imine (C=N–C) groups is 1. The topological polar surface area (TPSA) is 115 Å². The average molecular weight is 742 g/mol. The van der Waals surface area contributed by atoms with E-state index in [2.05, 4.69) is 49.1 Å². The molecule has 2 aromatic carbocycles. The van der Waals surface area contributed by atoms with Gasteiger partial charge in [-0.1, -0.05) is 18.2 Å². The van der Waals surface area contributed by atoms with Gasteiger partial charge in [0.15, 0.2) is 5.82 Å². The van der Waals surface area contributed by atoms with Crippen molar-refractivity contribution >= 4 is 40.9 Å². The van der Waals surface area contributed by atoms with Gasteiger partial charge >= 0.3 is 6.03 Å². The number of nitrogens with zero attached hydrogens (tertiary/aromatic N) is 7. The van der Waals surface area contributed by atoms with Crippen molar-refractivity contribution in [2.45, 2.75) is 76.8 Å². The van der Waals surface area contributed by atoms with E-state index in [-0.39, 0.29) is 23.5 Å². The molecule has 54 heavy (non-hydrogen) atoms. The molecule has 4 aliphatic heterocycles. The number of piperidine rings is 2. The van der Waals surface area contributed by atoms with Crippen LogP contribution in [-0.2, 0) is 24.2 Å². The quantitative estimate of drug-likeness (QED) is 0.244. The van der Waals surface area contributed by atoms with Crippen LogP contribution < -0.4 is 20.9 Å². The molecule has 0 radical (unpaired) electrons. The van der Waals surface area contributed by atoms with Gasteiger partial charge in [-0.2, -0.15) is 5.10 Å². The molecule has 11 nitrogen and oxygen atoms in total. The van der Waals surface area contributed by atoms with Gasteiger partial charge in [-0.15, -0.1) is 0 Å². The van der Waals surface area contributed by atoms with Crippen molar-refractivity contribution in [3.63, 3.8) is 0 Å². The summed E-state index contributed by atoms with van der Waals surface area (Å²) in [5.74, 6) is 1.52. The largest absolute Gasteiger partial charge is 0.404 e. The predicted octanol–water partition coefficient (Wildman–Crippen LogP) is 6.46. The molecule has 288 valence electrons. The minimum absolute atomic E-state index is 0.0965. The Morgan fingerprint density at radius 2 is 1.76 bits per heavy atom. The van der Waals surface area contributed by atoms with Gasteiger partial charge in [-0.05, 0) is 86.3 Å². The van der Waals surface area contributed by atoms with Gasteiger partial charge in [-0.3, -0.25) is 14.5 Å². The van der Waals surface area contributed by atoms with E-state index in [0.29, 0.717) is 74.1 Å². The van der Waals surface area contributed by atoms with E-state index in [1.54, 1.807) is 25.1 Å². The Bertz CT molecular complexity index is 1860. The standard InChI is InChI=1S/C41H53F2N9O2/c1-45-26-30(25-44)33-23-29-7-6-17-51(37(29)24-34(33)39(42)43)40-35-27-50(41(54)46-2)22-16-36(35)52(47-40)32-14-20-49(21-15-32)38(53)11-10-28-12-18-48(19-13-28)31-8-4-3-5-9-31/h3-5,8-9,23-26,28,32,39H,6-7,10-22,27,44H2,1-2H3,(H,46,54)/b30-25+,45-26?. The number of carbonyl (C=O) groups is 2. The summed E-state index contributed by atoms with van der Waals surface area (Å²) in [5.41, 5.74) is 11.6. The van der Waals surface area contributed by atoms with Crippen LogP contribution in [0.3, 0.4) is 0 Å². The number of aromatic nitrogens is 2. The molecule has 2 fully saturated rings. The zero-order valence-electron chi connectivity index (χ0n) is 31.5. The maximum absolute atomic E-state index is 14.6. The lowest BCUT2D eigenvalue weighted by atomic mass is 9.91. The van der Waals surface area contributed by atoms with Crippen molar-refractivity contribution in [3.05, 3.63) is 76.6 Å². The normalized spacial score (nSPS) is 18.7. The van der Waals surface area contributed by atoms with Crippen LogP contribution in [0.25, 0.3) is 5.57 Å². The van der Waals surface area contributed by atoms with Crippen molar-refractivity contribution in [3.8, 4) is 0 Å². The molecule has 0 saturated carbocycles. The van der Waals surface area contributed by atoms with Crippen LogP contribution in [-0.4, -0.2) is 91.1 Å². The summed E-state index contributed by atoms with van der Waals surface area (Å²) in [4.78, 5) is 38.6. The minimum Gasteiger partial charge on any atom is -0.404 e. The van der Waals surface area contributed by atoms with Gasteiger partial charge in [-0.25, -0.2) is 13.6 Å². The maximum atomic E-state index is 14.6. The number of para-hydroxylation sites is 1. The van der Waals surface area contributed by atoms with Gasteiger partial charge in [0.2, 0.25) is 5.91 Å². The highest BCUT2D eigenvalue weighted by Gasteiger charge is 2.35. The number of hydrogen-bond donors (Lipinski definition) is 2. The van der Waals surface area contributed by atoms with E-state index < -0.39 is 6.43 Å². The fourth-order valence-corrected chi connectivity index (χ4v) is 8.88. The lowest BCUT2D eigenvalue weighted by Gasteiger charge is -2.35. The molecule has 3 amide bonds. The lowest BCUT2D eigenvalue weighted by molar-refractivity contribution is -0.132. The number of anilines is 3. The van der Waals surface area contributed by atoms with Crippen molar-refractivity contribution in [1.29, 1.82) is 0 Å². The van der Waals surface area contributed by atoms with Gasteiger partial charge in [0, 0.05) is 112 Å². The second-order valence-corrected chi connectivity index (χ2v) is 15.0. The van der Waals surface area contributed by atoms with Crippen LogP contribution in [0.2, 0.25) is 0 Å². The Labute approximate surface area is 316 Å². The first-order chi connectivity index (χ1) is 26.3. The first kappa shape index (κ1) is 37.4. The minimum atomic E-state index is -2.72. The van der Waals surface area contributed by atoms with Crippen molar-refractivity contribution < 1.29 is 18.4 Å². The summed E-state index contributed by atoms with van der Waals surface area (Å²) in [6.07, 6.45) is 7.62. The number of rotatable bonds is 9. The van der Waals surface area contributed by atoms with Crippen LogP contribution >= 0.6 is 0 Å². The number of hydrogen-bond acceptors (Lipinski definition) is 7. The number of nitrogens with two attached hydrogens (primary N) is 1. The molecule has 0 bridgehead atoms. The summed E-state index contributed by atoms with van der Waals surface area (Å²) in [5, 5.41) is 8.02. The fraction of sp³-hybridized carbons (Fsp3) is 0.512. The Morgan fingerprint density at radius 1 is 1.00 bits per heavy atom. The second-order valence-electron chi connectivity index (χ2n) is 15.0. The summed E-state index contributed by atoms with van der Waals surface area (Å²) in [7, 11) is 3.22. The molecule has 3 aromatic rings. The average Bonchev–Trinajstić information content (AvgIpc) is 3.60. The van der Waals surface area contributed by atoms with Gasteiger partial charge in [0.1, 0.15) is 0 Å². The summed E-state index contributed by atoms with van der Waals surface area (Å²) in [6, 6.07) is 13.9. The van der Waals surface area contributed by atoms with Gasteiger partial charge < -0.3 is 30.7 Å². The number of halogens is 2. The molecule has 0 atom stereocenters. The van der Waals surface area contributed by atoms with Crippen molar-refractivity contribution in [2.24, 2.45) is 16.6 Å². The summed E-state index contributed by atoms with van der Waals surface area (Å²) >= 11 is 0. The molecular weight excluding hydrogens is 689 g/mol. The predicted molar refractivity (Wildman–Crippen MR) is 210 cm³/mol. The highest BCUT2D eigenvalue weighted by Crippen LogP contribution is 2.43. The second kappa shape index (κ2) is 16.6. The molecule has 7 rings (SSSR count). The number of nitrogens with one attached hydrogen (secondary N) is 1. The van der Waals surface area contributed by atoms with E-state index in [1.807, 2.05) is 17.0 Å². The number of fused-ring (bicyclic) bond motifs is 2. The van der Waals surface area contributed by atoms with Crippen molar-refractivity contribution in [1.82, 2.24) is 24.9 Å². The Hall–Kier alpha value is -4.94. The van der Waals surface area contributed by atoms with Crippen molar-refractivity contribution in [2.75, 3.05) is 63.2 Å². The fourth-order valence-electron chi connectivity index (χ4n) is 8.88. The monoisotopic (exact) mass is 741 g/mol. The number of urea groups is 1. The number of amides is 3. The third-order valence-electron chi connectivity index (χ3n) is 11.9. The zero-order valence-corrected chi connectivity index (χ0v) is 31.5. The molecule has 4 aliphatic rings. The first-order valence-electron chi connectivity index (χ1n) is 19.5. The molecule has 0 spiro atoms. The molecule has 13 heteroatoms. The molecule has 5 heterocycles. The number of aryl methyl sites for hydroxylation is 1. The van der Waals surface area contributed by atoms with E-state index in [1.165, 1.54) is 18.1 Å². The van der Waals surface area contributed by atoms with Crippen LogP contribution in [0.15, 0.2) is 53.7 Å². The molecule has 1 aromatic heterocycles. The Kier molecular flexibility index (Phi) is 11.5. The molecular formula is C41H53F2N9O2. The number of likely N-dealkylation sites (tertiary alicyclic amines) is 1. The molecule has 3 N–H and O–H groups in total. The van der Waals surface area contributed by atoms with Gasteiger partial charge in [0.05, 0.1) is 12.6 Å². The molecule has 2 saturated heterocycles. The summed E-state index contributed by atoms with van der Waals surface area (Å²) < 4.78 is 31.4. The first-order valence-corrected chi connectivity index (χ1v) is 19.5. The highest BCUT2D eigenvalue weighted by molar-refractivity contribution is 6.10. The van der Waals surface area contributed by atoms with E-state index >= 15 is 0 Å². The Morgan fingerprint density at radius 3 is 2.44 bits per heavy atom. The van der Waals surface area contributed by atoms with Gasteiger partial charge in [0.25, 0.3) is 6.43 Å². The van der Waals surface area contributed by atoms with E-state index in [4.69, 9.17) is 10.8 Å². The highest BCUT2D eigenvalue weighted by atomic mass is 19.3. The zero-order chi connectivity index (χ0) is 37.8. The third kappa shape index (κ3) is 7.67. The third-order valence-corrected chi connectivity index (χ3v) is 11.9.